The molecule has 1 heterocycles. The average Bonchev–Trinajstić information content (AvgIpc) is 3.25. The predicted molar refractivity (Wildman–Crippen MR) is 80.2 cm³/mol. The molecule has 2 aliphatic rings. The van der Waals surface area contributed by atoms with Crippen LogP contribution in [0.1, 0.15) is 18.4 Å². The molecule has 1 saturated carbocycles. The number of rotatable bonds is 5. The SMILES string of the molecule is C=CCN1CC(Cc2ccccc2)NCC1C1CC1. The zero-order valence-corrected chi connectivity index (χ0v) is 11.6. The third-order valence-electron chi connectivity index (χ3n) is 4.39. The van der Waals surface area contributed by atoms with Crippen molar-refractivity contribution in [1.82, 2.24) is 10.2 Å². The van der Waals surface area contributed by atoms with Gasteiger partial charge in [-0.05, 0) is 30.7 Å². The summed E-state index contributed by atoms with van der Waals surface area (Å²) < 4.78 is 0. The molecule has 102 valence electrons. The van der Waals surface area contributed by atoms with Crippen molar-refractivity contribution in [3.05, 3.63) is 48.6 Å². The van der Waals surface area contributed by atoms with Crippen LogP contribution in [-0.2, 0) is 6.42 Å². The molecule has 0 amide bonds. The van der Waals surface area contributed by atoms with Crippen LogP contribution in [0.3, 0.4) is 0 Å². The zero-order chi connectivity index (χ0) is 13.1. The summed E-state index contributed by atoms with van der Waals surface area (Å²) in [7, 11) is 0. The van der Waals surface area contributed by atoms with Gasteiger partial charge in [-0.15, -0.1) is 6.58 Å². The summed E-state index contributed by atoms with van der Waals surface area (Å²) in [5.41, 5.74) is 1.43. The topological polar surface area (TPSA) is 15.3 Å². The van der Waals surface area contributed by atoms with Gasteiger partial charge >= 0.3 is 0 Å². The van der Waals surface area contributed by atoms with Crippen LogP contribution in [0.25, 0.3) is 0 Å². The van der Waals surface area contributed by atoms with Crippen molar-refractivity contribution < 1.29 is 0 Å². The Kier molecular flexibility index (Phi) is 4.00. The van der Waals surface area contributed by atoms with Crippen LogP contribution in [0.5, 0.6) is 0 Å². The van der Waals surface area contributed by atoms with Gasteiger partial charge in [0.1, 0.15) is 0 Å². The van der Waals surface area contributed by atoms with E-state index in [1.165, 1.54) is 18.4 Å². The number of hydrogen-bond acceptors (Lipinski definition) is 2. The summed E-state index contributed by atoms with van der Waals surface area (Å²) >= 11 is 0. The Morgan fingerprint density at radius 1 is 1.26 bits per heavy atom. The number of hydrogen-bond donors (Lipinski definition) is 1. The number of piperazine rings is 1. The molecule has 19 heavy (non-hydrogen) atoms. The van der Waals surface area contributed by atoms with Crippen LogP contribution in [0.15, 0.2) is 43.0 Å². The van der Waals surface area contributed by atoms with Crippen LogP contribution >= 0.6 is 0 Å². The van der Waals surface area contributed by atoms with Crippen molar-refractivity contribution in [3.63, 3.8) is 0 Å². The molecule has 1 aliphatic heterocycles. The van der Waals surface area contributed by atoms with Crippen molar-refractivity contribution >= 4 is 0 Å². The van der Waals surface area contributed by atoms with Crippen LogP contribution in [0, 0.1) is 5.92 Å². The Morgan fingerprint density at radius 3 is 2.74 bits per heavy atom. The fraction of sp³-hybridized carbons (Fsp3) is 0.529. The van der Waals surface area contributed by atoms with Crippen molar-refractivity contribution in [2.24, 2.45) is 5.92 Å². The molecule has 1 aliphatic carbocycles. The lowest BCUT2D eigenvalue weighted by molar-refractivity contribution is 0.128. The van der Waals surface area contributed by atoms with Gasteiger partial charge in [-0.25, -0.2) is 0 Å². The maximum atomic E-state index is 3.92. The second-order valence-corrected chi connectivity index (χ2v) is 5.94. The van der Waals surface area contributed by atoms with Gasteiger partial charge in [0.25, 0.3) is 0 Å². The van der Waals surface area contributed by atoms with E-state index in [1.54, 1.807) is 0 Å². The second-order valence-electron chi connectivity index (χ2n) is 5.94. The molecule has 2 heteroatoms. The molecule has 1 aromatic rings. The Labute approximate surface area is 116 Å². The minimum absolute atomic E-state index is 0.581. The molecule has 1 N–H and O–H groups in total. The lowest BCUT2D eigenvalue weighted by Crippen LogP contribution is -2.57. The number of nitrogens with zero attached hydrogens (tertiary/aromatic N) is 1. The van der Waals surface area contributed by atoms with Crippen LogP contribution in [0.2, 0.25) is 0 Å². The molecule has 0 aromatic heterocycles. The molecule has 1 saturated heterocycles. The summed E-state index contributed by atoms with van der Waals surface area (Å²) in [6.45, 7) is 7.26. The normalized spacial score (nSPS) is 28.2. The minimum atomic E-state index is 0.581. The molecular formula is C17H24N2. The molecule has 1 aromatic carbocycles. The van der Waals surface area contributed by atoms with Crippen molar-refractivity contribution in [3.8, 4) is 0 Å². The first-order valence-corrected chi connectivity index (χ1v) is 7.49. The summed E-state index contributed by atoms with van der Waals surface area (Å²) in [6.07, 6.45) is 6.03. The van der Waals surface area contributed by atoms with Crippen LogP contribution < -0.4 is 5.32 Å². The Bertz CT molecular complexity index is 411. The summed E-state index contributed by atoms with van der Waals surface area (Å²) in [6, 6.07) is 12.1. The van der Waals surface area contributed by atoms with E-state index in [2.05, 4.69) is 53.2 Å². The van der Waals surface area contributed by atoms with E-state index in [-0.39, 0.29) is 0 Å². The third kappa shape index (κ3) is 3.26. The highest BCUT2D eigenvalue weighted by Gasteiger charge is 2.38. The smallest absolute Gasteiger partial charge is 0.0252 e. The average molecular weight is 256 g/mol. The molecule has 2 atom stereocenters. The predicted octanol–water partition coefficient (Wildman–Crippen LogP) is 2.47. The van der Waals surface area contributed by atoms with Gasteiger partial charge in [0.15, 0.2) is 0 Å². The molecule has 0 radical (unpaired) electrons. The highest BCUT2D eigenvalue weighted by molar-refractivity contribution is 5.16. The van der Waals surface area contributed by atoms with Gasteiger partial charge in [0.05, 0.1) is 0 Å². The van der Waals surface area contributed by atoms with E-state index in [0.717, 1.165) is 38.0 Å². The maximum absolute atomic E-state index is 3.92. The first-order chi connectivity index (χ1) is 9.36. The minimum Gasteiger partial charge on any atom is -0.311 e. The van der Waals surface area contributed by atoms with E-state index >= 15 is 0 Å². The van der Waals surface area contributed by atoms with Crippen LogP contribution in [0.4, 0.5) is 0 Å². The fourth-order valence-corrected chi connectivity index (χ4v) is 3.26. The van der Waals surface area contributed by atoms with Gasteiger partial charge in [-0.1, -0.05) is 36.4 Å². The standard InChI is InChI=1S/C17H24N2/c1-2-10-19-13-16(11-14-6-4-3-5-7-14)18-12-17(19)15-8-9-15/h2-7,15-18H,1,8-13H2. The number of benzene rings is 1. The molecule has 0 spiro atoms. The fourth-order valence-electron chi connectivity index (χ4n) is 3.26. The highest BCUT2D eigenvalue weighted by Crippen LogP contribution is 2.36. The Balaban J connectivity index is 1.60. The Morgan fingerprint density at radius 2 is 2.05 bits per heavy atom. The van der Waals surface area contributed by atoms with E-state index in [0.29, 0.717) is 6.04 Å². The van der Waals surface area contributed by atoms with E-state index in [1.807, 2.05) is 0 Å². The molecule has 2 fully saturated rings. The van der Waals surface area contributed by atoms with E-state index < -0.39 is 0 Å². The van der Waals surface area contributed by atoms with Crippen molar-refractivity contribution in [2.45, 2.75) is 31.3 Å². The largest absolute Gasteiger partial charge is 0.311 e. The first-order valence-electron chi connectivity index (χ1n) is 7.49. The molecule has 2 unspecified atom stereocenters. The Hall–Kier alpha value is -1.12. The zero-order valence-electron chi connectivity index (χ0n) is 11.6. The van der Waals surface area contributed by atoms with Crippen LogP contribution in [-0.4, -0.2) is 36.6 Å². The third-order valence-corrected chi connectivity index (χ3v) is 4.39. The highest BCUT2D eigenvalue weighted by atomic mass is 15.2. The van der Waals surface area contributed by atoms with Gasteiger partial charge in [0, 0.05) is 31.7 Å². The van der Waals surface area contributed by atoms with E-state index in [4.69, 9.17) is 0 Å². The molecule has 0 bridgehead atoms. The lowest BCUT2D eigenvalue weighted by Gasteiger charge is -2.40. The second kappa shape index (κ2) is 5.89. The monoisotopic (exact) mass is 256 g/mol. The first kappa shape index (κ1) is 12.9. The molecule has 3 rings (SSSR count). The molecule has 2 nitrogen and oxygen atoms in total. The summed E-state index contributed by atoms with van der Waals surface area (Å²) in [4.78, 5) is 2.63. The van der Waals surface area contributed by atoms with Gasteiger partial charge in [-0.3, -0.25) is 4.90 Å². The number of nitrogens with one attached hydrogen (secondary N) is 1. The van der Waals surface area contributed by atoms with Gasteiger partial charge in [-0.2, -0.15) is 0 Å². The van der Waals surface area contributed by atoms with Crippen molar-refractivity contribution in [2.75, 3.05) is 19.6 Å². The maximum Gasteiger partial charge on any atom is 0.0252 e. The van der Waals surface area contributed by atoms with E-state index in [9.17, 15) is 0 Å². The van der Waals surface area contributed by atoms with Gasteiger partial charge < -0.3 is 5.32 Å². The van der Waals surface area contributed by atoms with Crippen molar-refractivity contribution in [1.29, 1.82) is 0 Å². The summed E-state index contributed by atoms with van der Waals surface area (Å²) in [5, 5.41) is 3.75. The summed E-state index contributed by atoms with van der Waals surface area (Å²) in [5.74, 6) is 0.935. The van der Waals surface area contributed by atoms with Gasteiger partial charge in [0.2, 0.25) is 0 Å². The molecular weight excluding hydrogens is 232 g/mol. The quantitative estimate of drug-likeness (QED) is 0.814. The lowest BCUT2D eigenvalue weighted by atomic mass is 9.99.